The summed E-state index contributed by atoms with van der Waals surface area (Å²) in [5, 5.41) is 9.23. The van der Waals surface area contributed by atoms with Gasteiger partial charge >= 0.3 is 5.97 Å². The SMILES string of the molecule is COC(=O)C(O)CC(C)(C)OC. The van der Waals surface area contributed by atoms with Crippen molar-refractivity contribution >= 4 is 5.97 Å². The molecule has 0 saturated carbocycles. The van der Waals surface area contributed by atoms with Gasteiger partial charge in [-0.3, -0.25) is 0 Å². The van der Waals surface area contributed by atoms with Crippen molar-refractivity contribution in [1.82, 2.24) is 0 Å². The minimum absolute atomic E-state index is 0.232. The molecule has 0 aliphatic rings. The quantitative estimate of drug-likeness (QED) is 0.627. The van der Waals surface area contributed by atoms with Crippen molar-refractivity contribution < 1.29 is 19.4 Å². The number of ether oxygens (including phenoxy) is 2. The number of rotatable bonds is 4. The third kappa shape index (κ3) is 3.69. The number of carbonyl (C=O) groups is 1. The Balaban J connectivity index is 3.99. The molecule has 0 aliphatic carbocycles. The number of hydrogen-bond acceptors (Lipinski definition) is 4. The summed E-state index contributed by atoms with van der Waals surface area (Å²) in [7, 11) is 2.77. The molecule has 0 rings (SSSR count). The van der Waals surface area contributed by atoms with E-state index in [9.17, 15) is 9.90 Å². The van der Waals surface area contributed by atoms with Crippen LogP contribution in [0.1, 0.15) is 20.3 Å². The Bertz CT molecular complexity index is 153. The molecule has 4 nitrogen and oxygen atoms in total. The van der Waals surface area contributed by atoms with E-state index in [1.807, 2.05) is 0 Å². The first kappa shape index (κ1) is 11.4. The molecule has 0 aromatic heterocycles. The Morgan fingerprint density at radius 2 is 2.00 bits per heavy atom. The molecule has 0 amide bonds. The van der Waals surface area contributed by atoms with E-state index in [1.165, 1.54) is 14.2 Å². The second-order valence-corrected chi connectivity index (χ2v) is 3.21. The Morgan fingerprint density at radius 3 is 2.33 bits per heavy atom. The van der Waals surface area contributed by atoms with Gasteiger partial charge in [0.2, 0.25) is 0 Å². The van der Waals surface area contributed by atoms with Crippen molar-refractivity contribution in [3.8, 4) is 0 Å². The lowest BCUT2D eigenvalue weighted by Crippen LogP contribution is -2.33. The molecule has 0 fully saturated rings. The molecule has 72 valence electrons. The summed E-state index contributed by atoms with van der Waals surface area (Å²) in [4.78, 5) is 10.8. The summed E-state index contributed by atoms with van der Waals surface area (Å²) in [6.07, 6.45) is -0.874. The number of carbonyl (C=O) groups excluding carboxylic acids is 1. The summed E-state index contributed by atoms with van der Waals surface area (Å²) >= 11 is 0. The van der Waals surface area contributed by atoms with Crippen LogP contribution in [0, 0.1) is 0 Å². The second-order valence-electron chi connectivity index (χ2n) is 3.21. The van der Waals surface area contributed by atoms with Crippen LogP contribution in [0.5, 0.6) is 0 Å². The van der Waals surface area contributed by atoms with E-state index in [2.05, 4.69) is 4.74 Å². The molecule has 12 heavy (non-hydrogen) atoms. The Morgan fingerprint density at radius 1 is 1.50 bits per heavy atom. The van der Waals surface area contributed by atoms with Crippen molar-refractivity contribution in [2.45, 2.75) is 32.0 Å². The highest BCUT2D eigenvalue weighted by Crippen LogP contribution is 2.15. The second kappa shape index (κ2) is 4.42. The van der Waals surface area contributed by atoms with Crippen molar-refractivity contribution in [3.63, 3.8) is 0 Å². The summed E-state index contributed by atoms with van der Waals surface area (Å²) < 4.78 is 9.39. The number of esters is 1. The molecule has 4 heteroatoms. The molecule has 0 saturated heterocycles. The molecule has 1 N–H and O–H groups in total. The molecule has 0 radical (unpaired) electrons. The predicted molar refractivity (Wildman–Crippen MR) is 43.7 cm³/mol. The van der Waals surface area contributed by atoms with Gasteiger partial charge in [-0.05, 0) is 13.8 Å². The van der Waals surface area contributed by atoms with E-state index < -0.39 is 17.7 Å². The largest absolute Gasteiger partial charge is 0.467 e. The molecule has 0 heterocycles. The fraction of sp³-hybridized carbons (Fsp3) is 0.875. The van der Waals surface area contributed by atoms with Gasteiger partial charge in [0.05, 0.1) is 12.7 Å². The van der Waals surface area contributed by atoms with Gasteiger partial charge in [-0.15, -0.1) is 0 Å². The zero-order valence-corrected chi connectivity index (χ0v) is 7.96. The monoisotopic (exact) mass is 176 g/mol. The van der Waals surface area contributed by atoms with Gasteiger partial charge in [0.1, 0.15) is 0 Å². The first-order chi connectivity index (χ1) is 5.43. The molecule has 0 aromatic rings. The number of methoxy groups -OCH3 is 2. The average Bonchev–Trinajstić information content (AvgIpc) is 2.02. The third-order valence-corrected chi connectivity index (χ3v) is 1.71. The van der Waals surface area contributed by atoms with E-state index in [-0.39, 0.29) is 6.42 Å². The number of aliphatic hydroxyl groups excluding tert-OH is 1. The van der Waals surface area contributed by atoms with Gasteiger partial charge in [0.25, 0.3) is 0 Å². The fourth-order valence-corrected chi connectivity index (χ4v) is 0.768. The van der Waals surface area contributed by atoms with E-state index >= 15 is 0 Å². The van der Waals surface area contributed by atoms with Gasteiger partial charge < -0.3 is 14.6 Å². The average molecular weight is 176 g/mol. The number of aliphatic hydroxyl groups is 1. The van der Waals surface area contributed by atoms with Gasteiger partial charge in [0.15, 0.2) is 6.10 Å². The minimum atomic E-state index is -1.11. The predicted octanol–water partition coefficient (Wildman–Crippen LogP) is 0.335. The lowest BCUT2D eigenvalue weighted by Gasteiger charge is -2.24. The summed E-state index contributed by atoms with van der Waals surface area (Å²) in [5.74, 6) is -0.625. The maximum atomic E-state index is 10.8. The van der Waals surface area contributed by atoms with Gasteiger partial charge in [-0.2, -0.15) is 0 Å². The van der Waals surface area contributed by atoms with E-state index in [4.69, 9.17) is 4.74 Å². The van der Waals surface area contributed by atoms with Crippen molar-refractivity contribution in [3.05, 3.63) is 0 Å². The smallest absolute Gasteiger partial charge is 0.334 e. The fourth-order valence-electron chi connectivity index (χ4n) is 0.768. The highest BCUT2D eigenvalue weighted by molar-refractivity contribution is 5.74. The van der Waals surface area contributed by atoms with Crippen LogP contribution in [0.25, 0.3) is 0 Å². The van der Waals surface area contributed by atoms with Crippen LogP contribution in [0.3, 0.4) is 0 Å². The Labute approximate surface area is 72.5 Å². The summed E-state index contributed by atoms with van der Waals surface area (Å²) in [5.41, 5.74) is -0.506. The van der Waals surface area contributed by atoms with Crippen LogP contribution in [-0.2, 0) is 14.3 Å². The topological polar surface area (TPSA) is 55.8 Å². The van der Waals surface area contributed by atoms with Crippen molar-refractivity contribution in [2.75, 3.05) is 14.2 Å². The van der Waals surface area contributed by atoms with Crippen LogP contribution in [0.4, 0.5) is 0 Å². The van der Waals surface area contributed by atoms with Crippen LogP contribution in [0.15, 0.2) is 0 Å². The number of hydrogen-bond donors (Lipinski definition) is 1. The van der Waals surface area contributed by atoms with Crippen molar-refractivity contribution in [1.29, 1.82) is 0 Å². The first-order valence-electron chi connectivity index (χ1n) is 3.74. The Kier molecular flexibility index (Phi) is 4.20. The minimum Gasteiger partial charge on any atom is -0.467 e. The zero-order valence-electron chi connectivity index (χ0n) is 7.96. The molecule has 0 aromatic carbocycles. The van der Waals surface area contributed by atoms with E-state index in [1.54, 1.807) is 13.8 Å². The highest BCUT2D eigenvalue weighted by Gasteiger charge is 2.26. The van der Waals surface area contributed by atoms with Crippen molar-refractivity contribution in [2.24, 2.45) is 0 Å². The van der Waals surface area contributed by atoms with Crippen LogP contribution < -0.4 is 0 Å². The zero-order chi connectivity index (χ0) is 9.78. The molecule has 1 unspecified atom stereocenters. The molecule has 0 aliphatic heterocycles. The van der Waals surface area contributed by atoms with Crippen LogP contribution >= 0.6 is 0 Å². The molecule has 1 atom stereocenters. The standard InChI is InChI=1S/C8H16O4/c1-8(2,12-4)5-6(9)7(10)11-3/h6,9H,5H2,1-4H3. The normalized spacial score (nSPS) is 14.1. The molecule has 0 spiro atoms. The summed E-state index contributed by atoms with van der Waals surface area (Å²) in [6, 6.07) is 0. The first-order valence-corrected chi connectivity index (χ1v) is 3.74. The van der Waals surface area contributed by atoms with Gasteiger partial charge in [0, 0.05) is 13.5 Å². The molecular formula is C8H16O4. The van der Waals surface area contributed by atoms with E-state index in [0.29, 0.717) is 0 Å². The van der Waals surface area contributed by atoms with E-state index in [0.717, 1.165) is 0 Å². The summed E-state index contributed by atoms with van der Waals surface area (Å²) in [6.45, 7) is 3.58. The maximum absolute atomic E-state index is 10.8. The van der Waals surface area contributed by atoms with Gasteiger partial charge in [-0.1, -0.05) is 0 Å². The third-order valence-electron chi connectivity index (χ3n) is 1.71. The highest BCUT2D eigenvalue weighted by atomic mass is 16.5. The van der Waals surface area contributed by atoms with Crippen LogP contribution in [-0.4, -0.2) is 37.0 Å². The van der Waals surface area contributed by atoms with Gasteiger partial charge in [-0.25, -0.2) is 4.79 Å². The molecular weight excluding hydrogens is 160 g/mol. The maximum Gasteiger partial charge on any atom is 0.334 e. The molecule has 0 bridgehead atoms. The van der Waals surface area contributed by atoms with Crippen LogP contribution in [0.2, 0.25) is 0 Å². The Hall–Kier alpha value is -0.610. The lowest BCUT2D eigenvalue weighted by molar-refractivity contribution is -0.154. The lowest BCUT2D eigenvalue weighted by atomic mass is 10.0.